The molecule has 0 radical (unpaired) electrons. The number of ketones is 1. The van der Waals surface area contributed by atoms with E-state index >= 15 is 0 Å². The Labute approximate surface area is 106 Å². The molecule has 2 atom stereocenters. The highest BCUT2D eigenvalue weighted by Gasteiger charge is 2.22. The van der Waals surface area contributed by atoms with Crippen LogP contribution in [0.3, 0.4) is 0 Å². The Balaban J connectivity index is 2.47. The summed E-state index contributed by atoms with van der Waals surface area (Å²) in [7, 11) is 0. The quantitative estimate of drug-likeness (QED) is 0.663. The summed E-state index contributed by atoms with van der Waals surface area (Å²) < 4.78 is 0. The number of aromatic amines is 1. The second-order valence-corrected chi connectivity index (χ2v) is 4.67. The molecular weight excluding hydrogens is 232 g/mol. The van der Waals surface area contributed by atoms with E-state index in [9.17, 15) is 9.59 Å². The number of nitrogens with two attached hydrogens (primary N) is 1. The van der Waals surface area contributed by atoms with Gasteiger partial charge in [0.2, 0.25) is 5.91 Å². The first-order valence-corrected chi connectivity index (χ1v) is 5.98. The lowest BCUT2D eigenvalue weighted by molar-refractivity contribution is -0.129. The minimum atomic E-state index is -0.687. The van der Waals surface area contributed by atoms with E-state index in [0.29, 0.717) is 6.42 Å². The molecule has 1 amide bonds. The van der Waals surface area contributed by atoms with Gasteiger partial charge in [-0.1, -0.05) is 13.8 Å². The van der Waals surface area contributed by atoms with Crippen LogP contribution in [0.4, 0.5) is 0 Å². The van der Waals surface area contributed by atoms with E-state index in [-0.39, 0.29) is 17.6 Å². The number of hydrogen-bond donors (Lipinski definition) is 3. The zero-order valence-electron chi connectivity index (χ0n) is 10.9. The largest absolute Gasteiger partial charge is 0.348 e. The molecule has 1 rings (SSSR count). The lowest BCUT2D eigenvalue weighted by Gasteiger charge is -2.17. The number of H-pyrrole nitrogens is 1. The molecule has 100 valence electrons. The van der Waals surface area contributed by atoms with Crippen molar-refractivity contribution >= 4 is 11.7 Å². The highest BCUT2D eigenvalue weighted by Crippen LogP contribution is 2.01. The zero-order chi connectivity index (χ0) is 13.7. The Kier molecular flexibility index (Phi) is 5.03. The summed E-state index contributed by atoms with van der Waals surface area (Å²) in [6, 6.07) is -1.20. The Bertz CT molecular complexity index is 400. The zero-order valence-corrected chi connectivity index (χ0v) is 10.9. The monoisotopic (exact) mass is 252 g/mol. The predicted octanol–water partition coefficient (Wildman–Crippen LogP) is 0.00930. The van der Waals surface area contributed by atoms with E-state index in [1.807, 2.05) is 0 Å². The van der Waals surface area contributed by atoms with Crippen LogP contribution < -0.4 is 11.1 Å². The molecular formula is C12H20N4O2. The molecule has 0 aliphatic heterocycles. The fraction of sp³-hybridized carbons (Fsp3) is 0.583. The Hall–Kier alpha value is -1.69. The van der Waals surface area contributed by atoms with Gasteiger partial charge >= 0.3 is 0 Å². The fourth-order valence-electron chi connectivity index (χ4n) is 1.62. The van der Waals surface area contributed by atoms with Gasteiger partial charge in [0.25, 0.3) is 0 Å². The first-order valence-electron chi connectivity index (χ1n) is 5.98. The van der Waals surface area contributed by atoms with Gasteiger partial charge in [-0.15, -0.1) is 0 Å². The van der Waals surface area contributed by atoms with Crippen LogP contribution in [0.1, 0.15) is 26.5 Å². The number of nitrogens with zero attached hydrogens (tertiary/aromatic N) is 1. The number of carbonyl (C=O) groups is 2. The van der Waals surface area contributed by atoms with Gasteiger partial charge in [0.1, 0.15) is 0 Å². The van der Waals surface area contributed by atoms with Gasteiger partial charge in [0.15, 0.2) is 5.78 Å². The van der Waals surface area contributed by atoms with E-state index in [0.717, 1.165) is 5.69 Å². The summed E-state index contributed by atoms with van der Waals surface area (Å²) in [5.41, 5.74) is 6.55. The number of nitrogens with one attached hydrogen (secondary N) is 2. The maximum atomic E-state index is 11.8. The van der Waals surface area contributed by atoms with Crippen LogP contribution in [0.25, 0.3) is 0 Å². The Morgan fingerprint density at radius 1 is 1.44 bits per heavy atom. The van der Waals surface area contributed by atoms with E-state index < -0.39 is 12.1 Å². The molecule has 0 saturated heterocycles. The SMILES string of the molecule is CC(C)C(=O)[C@H](C)NC(=O)[C@@H](N)Cc1cnc[nH]1. The molecule has 0 fully saturated rings. The van der Waals surface area contributed by atoms with Crippen LogP contribution in [0.2, 0.25) is 0 Å². The molecule has 0 unspecified atom stereocenters. The van der Waals surface area contributed by atoms with Gasteiger partial charge in [-0.05, 0) is 6.92 Å². The van der Waals surface area contributed by atoms with Crippen molar-refractivity contribution in [2.45, 2.75) is 39.3 Å². The smallest absolute Gasteiger partial charge is 0.237 e. The topological polar surface area (TPSA) is 101 Å². The summed E-state index contributed by atoms with van der Waals surface area (Å²) in [5.74, 6) is -0.438. The molecule has 4 N–H and O–H groups in total. The fourth-order valence-corrected chi connectivity index (χ4v) is 1.62. The molecule has 6 nitrogen and oxygen atoms in total. The van der Waals surface area contributed by atoms with Crippen molar-refractivity contribution in [3.05, 3.63) is 18.2 Å². The number of hydrogen-bond acceptors (Lipinski definition) is 4. The van der Waals surface area contributed by atoms with Crippen molar-refractivity contribution in [1.82, 2.24) is 15.3 Å². The Morgan fingerprint density at radius 2 is 2.11 bits per heavy atom. The molecule has 18 heavy (non-hydrogen) atoms. The van der Waals surface area contributed by atoms with Crippen LogP contribution >= 0.6 is 0 Å². The van der Waals surface area contributed by atoms with Gasteiger partial charge in [0, 0.05) is 24.2 Å². The normalized spacial score (nSPS) is 14.3. The van der Waals surface area contributed by atoms with Gasteiger partial charge in [-0.25, -0.2) is 4.98 Å². The van der Waals surface area contributed by atoms with Crippen LogP contribution in [0.15, 0.2) is 12.5 Å². The van der Waals surface area contributed by atoms with Gasteiger partial charge in [0.05, 0.1) is 18.4 Å². The maximum Gasteiger partial charge on any atom is 0.237 e. The first kappa shape index (κ1) is 14.4. The summed E-state index contributed by atoms with van der Waals surface area (Å²) in [5, 5.41) is 2.63. The number of carbonyl (C=O) groups excluding carboxylic acids is 2. The van der Waals surface area contributed by atoms with Crippen molar-refractivity contribution in [1.29, 1.82) is 0 Å². The van der Waals surface area contributed by atoms with Gasteiger partial charge in [-0.2, -0.15) is 0 Å². The lowest BCUT2D eigenvalue weighted by atomic mass is 10.0. The van der Waals surface area contributed by atoms with E-state index in [1.165, 1.54) is 6.33 Å². The highest BCUT2D eigenvalue weighted by atomic mass is 16.2. The second-order valence-electron chi connectivity index (χ2n) is 4.67. The van der Waals surface area contributed by atoms with E-state index in [1.54, 1.807) is 27.0 Å². The third kappa shape index (κ3) is 3.96. The third-order valence-electron chi connectivity index (χ3n) is 2.69. The molecule has 0 bridgehead atoms. The van der Waals surface area contributed by atoms with Crippen molar-refractivity contribution < 1.29 is 9.59 Å². The van der Waals surface area contributed by atoms with Gasteiger partial charge < -0.3 is 16.0 Å². The summed E-state index contributed by atoms with van der Waals surface area (Å²) >= 11 is 0. The van der Waals surface area contributed by atoms with Crippen LogP contribution in [0, 0.1) is 5.92 Å². The molecule has 1 aromatic rings. The van der Waals surface area contributed by atoms with Gasteiger partial charge in [-0.3, -0.25) is 9.59 Å². The lowest BCUT2D eigenvalue weighted by Crippen LogP contribution is -2.48. The van der Waals surface area contributed by atoms with Crippen LogP contribution in [-0.4, -0.2) is 33.7 Å². The van der Waals surface area contributed by atoms with Crippen molar-refractivity contribution in [2.75, 3.05) is 0 Å². The molecule has 0 saturated carbocycles. The predicted molar refractivity (Wildman–Crippen MR) is 67.7 cm³/mol. The number of Topliss-reactive ketones (excluding diaryl/α,β-unsaturated/α-hetero) is 1. The number of rotatable bonds is 6. The summed E-state index contributed by atoms with van der Waals surface area (Å²) in [4.78, 5) is 30.2. The second kappa shape index (κ2) is 6.30. The van der Waals surface area contributed by atoms with E-state index in [4.69, 9.17) is 5.73 Å². The first-order chi connectivity index (χ1) is 8.41. The molecule has 0 aliphatic rings. The average molecular weight is 252 g/mol. The maximum absolute atomic E-state index is 11.8. The molecule has 1 heterocycles. The number of imidazole rings is 1. The highest BCUT2D eigenvalue weighted by molar-refractivity contribution is 5.91. The van der Waals surface area contributed by atoms with Crippen molar-refractivity contribution in [3.8, 4) is 0 Å². The average Bonchev–Trinajstić information content (AvgIpc) is 2.80. The number of aromatic nitrogens is 2. The molecule has 0 aromatic carbocycles. The van der Waals surface area contributed by atoms with Crippen LogP contribution in [0.5, 0.6) is 0 Å². The van der Waals surface area contributed by atoms with Crippen LogP contribution in [-0.2, 0) is 16.0 Å². The molecule has 1 aromatic heterocycles. The minimum Gasteiger partial charge on any atom is -0.348 e. The standard InChI is InChI=1S/C12H20N4O2/c1-7(2)11(17)8(3)16-12(18)10(13)4-9-5-14-6-15-9/h5-8,10H,4,13H2,1-3H3,(H,14,15)(H,16,18)/t8-,10-/m0/s1. The van der Waals surface area contributed by atoms with Crippen molar-refractivity contribution in [2.24, 2.45) is 11.7 Å². The summed E-state index contributed by atoms with van der Waals surface area (Å²) in [6.45, 7) is 5.27. The minimum absolute atomic E-state index is 0.00269. The molecule has 6 heteroatoms. The third-order valence-corrected chi connectivity index (χ3v) is 2.69. The Morgan fingerprint density at radius 3 is 2.61 bits per heavy atom. The molecule has 0 spiro atoms. The number of amides is 1. The molecule has 0 aliphatic carbocycles. The van der Waals surface area contributed by atoms with Crippen molar-refractivity contribution in [3.63, 3.8) is 0 Å². The van der Waals surface area contributed by atoms with E-state index in [2.05, 4.69) is 15.3 Å². The summed E-state index contributed by atoms with van der Waals surface area (Å²) in [6.07, 6.45) is 3.52.